The number of hydrazone groups is 1. The molecule has 1 N–H and O–H groups in total. The van der Waals surface area contributed by atoms with Crippen LogP contribution in [0, 0.1) is 13.8 Å². The van der Waals surface area contributed by atoms with Crippen LogP contribution in [0.15, 0.2) is 47.7 Å². The number of amides is 2. The molecule has 1 aliphatic rings. The first kappa shape index (κ1) is 15.9. The second-order valence-corrected chi connectivity index (χ2v) is 5.77. The van der Waals surface area contributed by atoms with Gasteiger partial charge in [0.2, 0.25) is 5.91 Å². The second kappa shape index (κ2) is 6.62. The molecule has 0 bridgehead atoms. The molecule has 2 aromatic rings. The number of rotatable bonds is 3. The molecular formula is C18H18N4O2. The van der Waals surface area contributed by atoms with Gasteiger partial charge >= 0.3 is 0 Å². The fourth-order valence-electron chi connectivity index (χ4n) is 2.41. The van der Waals surface area contributed by atoms with Crippen molar-refractivity contribution in [1.29, 1.82) is 0 Å². The van der Waals surface area contributed by atoms with Crippen molar-refractivity contribution in [1.82, 2.24) is 4.98 Å². The Kier molecular flexibility index (Phi) is 4.37. The topological polar surface area (TPSA) is 74.7 Å². The van der Waals surface area contributed by atoms with Crippen LogP contribution in [0.25, 0.3) is 0 Å². The normalized spacial score (nSPS) is 14.3. The van der Waals surface area contributed by atoms with Crippen molar-refractivity contribution in [3.8, 4) is 0 Å². The van der Waals surface area contributed by atoms with Crippen LogP contribution in [0.5, 0.6) is 0 Å². The van der Waals surface area contributed by atoms with Gasteiger partial charge in [0.25, 0.3) is 5.91 Å². The van der Waals surface area contributed by atoms with Crippen LogP contribution in [0.2, 0.25) is 0 Å². The van der Waals surface area contributed by atoms with Crippen molar-refractivity contribution in [2.45, 2.75) is 26.7 Å². The summed E-state index contributed by atoms with van der Waals surface area (Å²) in [5.74, 6) is 0.00872. The molecule has 3 rings (SSSR count). The lowest BCUT2D eigenvalue weighted by molar-refractivity contribution is -0.118. The SMILES string of the molecule is Cc1ccc(NC(=O)C2=NN(c3cccc(C)c3)C(=O)CC2)nc1. The van der Waals surface area contributed by atoms with Gasteiger partial charge in [-0.1, -0.05) is 18.2 Å². The second-order valence-electron chi connectivity index (χ2n) is 5.77. The summed E-state index contributed by atoms with van der Waals surface area (Å²) in [6.07, 6.45) is 2.25. The molecule has 0 spiro atoms. The van der Waals surface area contributed by atoms with Gasteiger partial charge in [-0.05, 0) is 43.2 Å². The van der Waals surface area contributed by atoms with E-state index < -0.39 is 0 Å². The Labute approximate surface area is 140 Å². The molecule has 0 aliphatic carbocycles. The van der Waals surface area contributed by atoms with Crippen LogP contribution >= 0.6 is 0 Å². The molecule has 6 heteroatoms. The third-order valence-electron chi connectivity index (χ3n) is 3.69. The minimum absolute atomic E-state index is 0.120. The first-order valence-corrected chi connectivity index (χ1v) is 7.74. The van der Waals surface area contributed by atoms with E-state index in [1.807, 2.05) is 38.1 Å². The van der Waals surface area contributed by atoms with Gasteiger partial charge in [-0.15, -0.1) is 0 Å². The van der Waals surface area contributed by atoms with Crippen molar-refractivity contribution < 1.29 is 9.59 Å². The Hall–Kier alpha value is -3.02. The highest BCUT2D eigenvalue weighted by Gasteiger charge is 2.25. The van der Waals surface area contributed by atoms with E-state index in [1.165, 1.54) is 5.01 Å². The first-order valence-electron chi connectivity index (χ1n) is 7.74. The van der Waals surface area contributed by atoms with Crippen LogP contribution in [-0.4, -0.2) is 22.5 Å². The largest absolute Gasteiger partial charge is 0.305 e. The molecule has 0 saturated heterocycles. The van der Waals surface area contributed by atoms with Crippen molar-refractivity contribution in [2.75, 3.05) is 10.3 Å². The van der Waals surface area contributed by atoms with Crippen molar-refractivity contribution in [3.63, 3.8) is 0 Å². The zero-order valence-electron chi connectivity index (χ0n) is 13.6. The van der Waals surface area contributed by atoms with Gasteiger partial charge in [0, 0.05) is 19.0 Å². The molecular weight excluding hydrogens is 304 g/mol. The molecule has 0 saturated carbocycles. The van der Waals surface area contributed by atoms with Gasteiger partial charge < -0.3 is 5.32 Å². The molecule has 1 aromatic carbocycles. The van der Waals surface area contributed by atoms with Crippen molar-refractivity contribution >= 4 is 29.0 Å². The van der Waals surface area contributed by atoms with E-state index in [1.54, 1.807) is 18.3 Å². The highest BCUT2D eigenvalue weighted by atomic mass is 16.2. The van der Waals surface area contributed by atoms with E-state index in [0.29, 0.717) is 23.6 Å². The molecule has 1 aliphatic heterocycles. The first-order chi connectivity index (χ1) is 11.5. The highest BCUT2D eigenvalue weighted by Crippen LogP contribution is 2.21. The predicted octanol–water partition coefficient (Wildman–Crippen LogP) is 2.82. The van der Waals surface area contributed by atoms with Crippen LogP contribution in [0.1, 0.15) is 24.0 Å². The maximum Gasteiger partial charge on any atom is 0.273 e. The zero-order valence-corrected chi connectivity index (χ0v) is 13.6. The number of nitrogens with zero attached hydrogens (tertiary/aromatic N) is 3. The van der Waals surface area contributed by atoms with Crippen LogP contribution in [0.4, 0.5) is 11.5 Å². The maximum absolute atomic E-state index is 12.4. The number of carbonyl (C=O) groups is 2. The highest BCUT2D eigenvalue weighted by molar-refractivity contribution is 6.44. The summed E-state index contributed by atoms with van der Waals surface area (Å²) in [5, 5.41) is 8.27. The number of benzene rings is 1. The van der Waals surface area contributed by atoms with E-state index in [2.05, 4.69) is 15.4 Å². The summed E-state index contributed by atoms with van der Waals surface area (Å²) in [6.45, 7) is 3.87. The van der Waals surface area contributed by atoms with Gasteiger partial charge in [-0.25, -0.2) is 9.99 Å². The zero-order chi connectivity index (χ0) is 17.1. The number of anilines is 2. The molecule has 0 unspecified atom stereocenters. The number of pyridine rings is 1. The smallest absolute Gasteiger partial charge is 0.273 e. The minimum Gasteiger partial charge on any atom is -0.305 e. The van der Waals surface area contributed by atoms with E-state index in [-0.39, 0.29) is 18.2 Å². The lowest BCUT2D eigenvalue weighted by Crippen LogP contribution is -2.36. The molecule has 122 valence electrons. The average molecular weight is 322 g/mol. The van der Waals surface area contributed by atoms with Gasteiger partial charge in [0.1, 0.15) is 11.5 Å². The van der Waals surface area contributed by atoms with E-state index >= 15 is 0 Å². The van der Waals surface area contributed by atoms with E-state index in [0.717, 1.165) is 11.1 Å². The lowest BCUT2D eigenvalue weighted by atomic mass is 10.1. The molecule has 6 nitrogen and oxygen atoms in total. The van der Waals surface area contributed by atoms with Gasteiger partial charge in [-0.3, -0.25) is 9.59 Å². The summed E-state index contributed by atoms with van der Waals surface area (Å²) in [7, 11) is 0. The number of hydrogen-bond acceptors (Lipinski definition) is 4. The Morgan fingerprint density at radius 1 is 1.12 bits per heavy atom. The van der Waals surface area contributed by atoms with Gasteiger partial charge in [-0.2, -0.15) is 5.10 Å². The Balaban J connectivity index is 1.82. The number of carbonyl (C=O) groups excluding carboxylic acids is 2. The summed E-state index contributed by atoms with van der Waals surface area (Å²) >= 11 is 0. The Morgan fingerprint density at radius 2 is 1.96 bits per heavy atom. The number of hydrogen-bond donors (Lipinski definition) is 1. The Morgan fingerprint density at radius 3 is 2.67 bits per heavy atom. The van der Waals surface area contributed by atoms with Gasteiger partial charge in [0.15, 0.2) is 0 Å². The molecule has 0 atom stereocenters. The fraction of sp³-hybridized carbons (Fsp3) is 0.222. The number of nitrogens with one attached hydrogen (secondary N) is 1. The minimum atomic E-state index is -0.337. The number of aryl methyl sites for hydroxylation is 2. The van der Waals surface area contributed by atoms with E-state index in [9.17, 15) is 9.59 Å². The van der Waals surface area contributed by atoms with Crippen molar-refractivity contribution in [2.24, 2.45) is 5.10 Å². The summed E-state index contributed by atoms with van der Waals surface area (Å²) in [6, 6.07) is 11.1. The molecule has 1 aromatic heterocycles. The third kappa shape index (κ3) is 3.48. The van der Waals surface area contributed by atoms with Crippen LogP contribution < -0.4 is 10.3 Å². The fourth-order valence-corrected chi connectivity index (χ4v) is 2.41. The molecule has 0 radical (unpaired) electrons. The molecule has 24 heavy (non-hydrogen) atoms. The maximum atomic E-state index is 12.4. The summed E-state index contributed by atoms with van der Waals surface area (Å²) in [5.41, 5.74) is 3.02. The van der Waals surface area contributed by atoms with Crippen molar-refractivity contribution in [3.05, 3.63) is 53.7 Å². The third-order valence-corrected chi connectivity index (χ3v) is 3.69. The van der Waals surface area contributed by atoms with Crippen LogP contribution in [-0.2, 0) is 9.59 Å². The monoisotopic (exact) mass is 322 g/mol. The molecule has 2 heterocycles. The number of aromatic nitrogens is 1. The Bertz CT molecular complexity index is 812. The summed E-state index contributed by atoms with van der Waals surface area (Å²) in [4.78, 5) is 28.7. The molecule has 0 fully saturated rings. The lowest BCUT2D eigenvalue weighted by Gasteiger charge is -2.23. The van der Waals surface area contributed by atoms with Crippen LogP contribution in [0.3, 0.4) is 0 Å². The summed E-state index contributed by atoms with van der Waals surface area (Å²) < 4.78 is 0. The standard InChI is InChI=1S/C18H18N4O2/c1-12-4-3-5-14(10-12)22-17(23)9-7-15(21-22)18(24)20-16-8-6-13(2)11-19-16/h3-6,8,10-11H,7,9H2,1-2H3,(H,19,20,24). The molecule has 2 amide bonds. The van der Waals surface area contributed by atoms with E-state index in [4.69, 9.17) is 0 Å². The predicted molar refractivity (Wildman–Crippen MR) is 92.9 cm³/mol. The quantitative estimate of drug-likeness (QED) is 0.944. The van der Waals surface area contributed by atoms with Gasteiger partial charge in [0.05, 0.1) is 5.69 Å². The average Bonchev–Trinajstić information content (AvgIpc) is 2.57.